The van der Waals surface area contributed by atoms with Crippen LogP contribution in [0.1, 0.15) is 5.01 Å². The predicted octanol–water partition coefficient (Wildman–Crippen LogP) is 4.20. The molecular weight excluding hydrogens is 307 g/mol. The van der Waals surface area contributed by atoms with Crippen molar-refractivity contribution in [2.24, 2.45) is 0 Å². The van der Waals surface area contributed by atoms with Gasteiger partial charge in [-0.25, -0.2) is 4.98 Å². The van der Waals surface area contributed by atoms with Crippen LogP contribution in [-0.2, 0) is 11.2 Å². The molecule has 0 unspecified atom stereocenters. The lowest BCUT2D eigenvalue weighted by Crippen LogP contribution is -2.24. The Balaban J connectivity index is 2.14. The number of rotatable bonds is 3. The van der Waals surface area contributed by atoms with E-state index in [1.165, 1.54) is 11.3 Å². The zero-order chi connectivity index (χ0) is 13.3. The van der Waals surface area contributed by atoms with E-state index >= 15 is 0 Å². The van der Waals surface area contributed by atoms with Crippen LogP contribution < -0.4 is 0 Å². The Hall–Kier alpha value is -0.920. The molecule has 0 N–H and O–H groups in total. The SMILES string of the molecule is O=C(Cc1nc(-c2cc(Cl)cs2)cs1)C(F)(F)F. The quantitative estimate of drug-likeness (QED) is 0.850. The fourth-order valence-corrected chi connectivity index (χ4v) is 3.09. The minimum atomic E-state index is -4.81. The largest absolute Gasteiger partial charge is 0.450 e. The lowest BCUT2D eigenvalue weighted by atomic mass is 10.3. The lowest BCUT2D eigenvalue weighted by molar-refractivity contribution is -0.170. The Labute approximate surface area is 113 Å². The highest BCUT2D eigenvalue weighted by atomic mass is 35.5. The molecule has 0 spiro atoms. The van der Waals surface area contributed by atoms with Crippen molar-refractivity contribution in [1.29, 1.82) is 0 Å². The van der Waals surface area contributed by atoms with Crippen LogP contribution in [0.3, 0.4) is 0 Å². The highest BCUT2D eigenvalue weighted by molar-refractivity contribution is 7.15. The normalized spacial score (nSPS) is 11.8. The third kappa shape index (κ3) is 3.09. The fraction of sp³-hybridized carbons (Fsp3) is 0.200. The molecule has 0 saturated heterocycles. The molecule has 8 heteroatoms. The van der Waals surface area contributed by atoms with Gasteiger partial charge >= 0.3 is 6.18 Å². The van der Waals surface area contributed by atoms with Gasteiger partial charge < -0.3 is 0 Å². The Kier molecular flexibility index (Phi) is 3.74. The number of thiazole rings is 1. The van der Waals surface area contributed by atoms with Gasteiger partial charge in [-0.05, 0) is 6.07 Å². The molecule has 0 aliphatic carbocycles. The number of thiophene rings is 1. The lowest BCUT2D eigenvalue weighted by Gasteiger charge is -2.01. The summed E-state index contributed by atoms with van der Waals surface area (Å²) in [5.74, 6) is -1.78. The number of carbonyl (C=O) groups excluding carboxylic acids is 1. The van der Waals surface area contributed by atoms with Crippen molar-refractivity contribution >= 4 is 40.1 Å². The molecule has 0 bridgehead atoms. The first-order valence-corrected chi connectivity index (χ1v) is 6.79. The van der Waals surface area contributed by atoms with E-state index in [1.54, 1.807) is 16.8 Å². The molecule has 2 nitrogen and oxygen atoms in total. The van der Waals surface area contributed by atoms with E-state index in [0.717, 1.165) is 16.2 Å². The predicted molar refractivity (Wildman–Crippen MR) is 65.2 cm³/mol. The Morgan fingerprint density at radius 3 is 2.61 bits per heavy atom. The third-order valence-electron chi connectivity index (χ3n) is 2.00. The van der Waals surface area contributed by atoms with E-state index in [2.05, 4.69) is 4.98 Å². The molecule has 0 aliphatic heterocycles. The van der Waals surface area contributed by atoms with E-state index in [-0.39, 0.29) is 5.01 Å². The molecule has 0 fully saturated rings. The average molecular weight is 312 g/mol. The summed E-state index contributed by atoms with van der Waals surface area (Å²) in [7, 11) is 0. The molecule has 0 aromatic carbocycles. The summed E-state index contributed by atoms with van der Waals surface area (Å²) >= 11 is 8.12. The van der Waals surface area contributed by atoms with Crippen LogP contribution in [0.15, 0.2) is 16.8 Å². The molecule has 2 aromatic heterocycles. The minimum absolute atomic E-state index is 0.150. The molecule has 18 heavy (non-hydrogen) atoms. The minimum Gasteiger partial charge on any atom is -0.289 e. The molecule has 96 valence electrons. The highest BCUT2D eigenvalue weighted by Gasteiger charge is 2.38. The maximum absolute atomic E-state index is 12.1. The zero-order valence-corrected chi connectivity index (χ0v) is 11.0. The Morgan fingerprint density at radius 2 is 2.06 bits per heavy atom. The maximum Gasteiger partial charge on any atom is 0.450 e. The number of Topliss-reactive ketones (excluding diaryl/α,β-unsaturated/α-hetero) is 1. The van der Waals surface area contributed by atoms with Crippen LogP contribution >= 0.6 is 34.3 Å². The van der Waals surface area contributed by atoms with Crippen molar-refractivity contribution < 1.29 is 18.0 Å². The second-order valence-electron chi connectivity index (χ2n) is 3.35. The number of halogens is 4. The number of aromatic nitrogens is 1. The molecule has 2 heterocycles. The Morgan fingerprint density at radius 1 is 1.33 bits per heavy atom. The van der Waals surface area contributed by atoms with Crippen molar-refractivity contribution in [2.75, 3.05) is 0 Å². The first-order valence-electron chi connectivity index (χ1n) is 4.65. The number of carbonyl (C=O) groups is 1. The van der Waals surface area contributed by atoms with E-state index in [4.69, 9.17) is 11.6 Å². The van der Waals surface area contributed by atoms with Gasteiger partial charge in [-0.1, -0.05) is 11.6 Å². The molecule has 0 saturated carbocycles. The number of alkyl halides is 3. The number of hydrogen-bond acceptors (Lipinski definition) is 4. The van der Waals surface area contributed by atoms with Gasteiger partial charge in [0.2, 0.25) is 5.78 Å². The van der Waals surface area contributed by atoms with Crippen molar-refractivity contribution in [3.63, 3.8) is 0 Å². The van der Waals surface area contributed by atoms with E-state index in [1.807, 2.05) is 0 Å². The van der Waals surface area contributed by atoms with Crippen LogP contribution in [0.25, 0.3) is 10.6 Å². The zero-order valence-electron chi connectivity index (χ0n) is 8.62. The van der Waals surface area contributed by atoms with Gasteiger partial charge in [0.1, 0.15) is 5.01 Å². The van der Waals surface area contributed by atoms with Crippen LogP contribution in [-0.4, -0.2) is 16.9 Å². The second kappa shape index (κ2) is 4.99. The van der Waals surface area contributed by atoms with Gasteiger partial charge in [-0.3, -0.25) is 4.79 Å². The monoisotopic (exact) mass is 311 g/mol. The summed E-state index contributed by atoms with van der Waals surface area (Å²) in [4.78, 5) is 15.6. The molecule has 2 aromatic rings. The smallest absolute Gasteiger partial charge is 0.289 e. The fourth-order valence-electron chi connectivity index (χ4n) is 1.19. The maximum atomic E-state index is 12.1. The molecular formula is C10H5ClF3NOS2. The molecule has 2 rings (SSSR count). The van der Waals surface area contributed by atoms with Gasteiger partial charge in [-0.2, -0.15) is 13.2 Å². The topological polar surface area (TPSA) is 30.0 Å². The summed E-state index contributed by atoms with van der Waals surface area (Å²) < 4.78 is 36.2. The van der Waals surface area contributed by atoms with E-state index < -0.39 is 18.4 Å². The number of ketones is 1. The number of hydrogen-bond donors (Lipinski definition) is 0. The average Bonchev–Trinajstić information content (AvgIpc) is 2.85. The summed E-state index contributed by atoms with van der Waals surface area (Å²) in [5.41, 5.74) is 0.543. The van der Waals surface area contributed by atoms with E-state index in [9.17, 15) is 18.0 Å². The third-order valence-corrected chi connectivity index (χ3v) is 4.15. The molecule has 0 atom stereocenters. The second-order valence-corrected chi connectivity index (χ2v) is 5.64. The van der Waals surface area contributed by atoms with Crippen LogP contribution in [0.4, 0.5) is 13.2 Å². The summed E-state index contributed by atoms with van der Waals surface area (Å²) in [5, 5.41) is 4.02. The van der Waals surface area contributed by atoms with Crippen molar-refractivity contribution in [2.45, 2.75) is 12.6 Å². The molecule has 0 radical (unpaired) electrons. The van der Waals surface area contributed by atoms with Gasteiger partial charge in [-0.15, -0.1) is 22.7 Å². The van der Waals surface area contributed by atoms with Crippen molar-refractivity contribution in [3.05, 3.63) is 26.9 Å². The van der Waals surface area contributed by atoms with Crippen molar-refractivity contribution in [3.8, 4) is 10.6 Å². The van der Waals surface area contributed by atoms with Crippen LogP contribution in [0, 0.1) is 0 Å². The summed E-state index contributed by atoms with van der Waals surface area (Å²) in [6.07, 6.45) is -5.52. The summed E-state index contributed by atoms with van der Waals surface area (Å²) in [6, 6.07) is 1.68. The first-order chi connectivity index (χ1) is 8.36. The molecule has 0 amide bonds. The number of nitrogens with zero attached hydrogens (tertiary/aromatic N) is 1. The van der Waals surface area contributed by atoms with Crippen LogP contribution in [0.5, 0.6) is 0 Å². The van der Waals surface area contributed by atoms with Gasteiger partial charge in [0, 0.05) is 10.8 Å². The van der Waals surface area contributed by atoms with Gasteiger partial charge in [0.05, 0.1) is 22.0 Å². The molecule has 0 aliphatic rings. The summed E-state index contributed by atoms with van der Waals surface area (Å²) in [6.45, 7) is 0. The van der Waals surface area contributed by atoms with Gasteiger partial charge in [0.25, 0.3) is 0 Å². The highest BCUT2D eigenvalue weighted by Crippen LogP contribution is 2.31. The van der Waals surface area contributed by atoms with Gasteiger partial charge in [0.15, 0.2) is 0 Å². The van der Waals surface area contributed by atoms with E-state index in [0.29, 0.717) is 10.7 Å². The van der Waals surface area contributed by atoms with Crippen LogP contribution in [0.2, 0.25) is 5.02 Å². The Bertz CT molecular complexity index is 576. The first kappa shape index (κ1) is 13.5. The standard InChI is InChI=1S/C10H5ClF3NOS2/c11-5-1-7(17-3-5)6-4-18-9(15-6)2-8(16)10(12,13)14/h1,3-4H,2H2. The van der Waals surface area contributed by atoms with Crippen molar-refractivity contribution in [1.82, 2.24) is 4.98 Å².